The lowest BCUT2D eigenvalue weighted by Crippen LogP contribution is -2.07. The minimum absolute atomic E-state index is 0.135. The van der Waals surface area contributed by atoms with Gasteiger partial charge in [0.25, 0.3) is 0 Å². The van der Waals surface area contributed by atoms with Crippen molar-refractivity contribution >= 4 is 11.6 Å². The Labute approximate surface area is 180 Å². The number of rotatable bonds is 4. The largest absolute Gasteiger partial charge is 0.366 e. The third-order valence-electron chi connectivity index (χ3n) is 5.34. The standard InChI is InChI=1S/C23H17F3N6/c1-13(15-7-17(24)10-18(25)8-15)32-12-16(11-28-32)20-4-2-3-19(22(20)26)14-5-6-31-21(9-14)29-23(27)30-31/h2-13H,1H3,(H2,27,30). The van der Waals surface area contributed by atoms with E-state index in [1.54, 1.807) is 54.3 Å². The van der Waals surface area contributed by atoms with Crippen molar-refractivity contribution in [2.45, 2.75) is 13.0 Å². The van der Waals surface area contributed by atoms with Gasteiger partial charge in [0.15, 0.2) is 5.65 Å². The van der Waals surface area contributed by atoms with E-state index < -0.39 is 23.5 Å². The van der Waals surface area contributed by atoms with Crippen molar-refractivity contribution in [1.29, 1.82) is 0 Å². The number of hydrogen-bond donors (Lipinski definition) is 1. The lowest BCUT2D eigenvalue weighted by Gasteiger charge is -2.13. The highest BCUT2D eigenvalue weighted by atomic mass is 19.1. The molecule has 32 heavy (non-hydrogen) atoms. The van der Waals surface area contributed by atoms with Gasteiger partial charge in [-0.1, -0.05) is 18.2 Å². The van der Waals surface area contributed by atoms with Crippen LogP contribution in [0, 0.1) is 17.5 Å². The van der Waals surface area contributed by atoms with Gasteiger partial charge in [0.1, 0.15) is 17.5 Å². The van der Waals surface area contributed by atoms with Crippen LogP contribution in [0.2, 0.25) is 0 Å². The van der Waals surface area contributed by atoms with Crippen LogP contribution < -0.4 is 5.73 Å². The van der Waals surface area contributed by atoms with Crippen molar-refractivity contribution < 1.29 is 13.2 Å². The Bertz CT molecular complexity index is 1440. The van der Waals surface area contributed by atoms with Crippen molar-refractivity contribution in [2.24, 2.45) is 0 Å². The van der Waals surface area contributed by atoms with Gasteiger partial charge in [-0.05, 0) is 42.3 Å². The third-order valence-corrected chi connectivity index (χ3v) is 5.34. The summed E-state index contributed by atoms with van der Waals surface area (Å²) in [5.41, 5.74) is 8.47. The lowest BCUT2D eigenvalue weighted by molar-refractivity contribution is 0.539. The summed E-state index contributed by atoms with van der Waals surface area (Å²) >= 11 is 0. The summed E-state index contributed by atoms with van der Waals surface area (Å²) in [6.45, 7) is 1.76. The molecule has 9 heteroatoms. The second kappa shape index (κ2) is 7.52. The van der Waals surface area contributed by atoms with Crippen molar-refractivity contribution in [2.75, 3.05) is 5.73 Å². The minimum Gasteiger partial charge on any atom is -0.366 e. The number of anilines is 1. The number of nitrogens with zero attached hydrogens (tertiary/aromatic N) is 5. The van der Waals surface area contributed by atoms with Gasteiger partial charge in [0, 0.05) is 35.2 Å². The Balaban J connectivity index is 1.51. The number of fused-ring (bicyclic) bond motifs is 1. The Morgan fingerprint density at radius 3 is 2.41 bits per heavy atom. The maximum Gasteiger partial charge on any atom is 0.240 e. The van der Waals surface area contributed by atoms with Gasteiger partial charge in [-0.3, -0.25) is 4.68 Å². The summed E-state index contributed by atoms with van der Waals surface area (Å²) in [5, 5.41) is 8.31. The predicted octanol–water partition coefficient (Wildman–Crippen LogP) is 4.87. The minimum atomic E-state index is -0.663. The summed E-state index contributed by atoms with van der Waals surface area (Å²) in [6.07, 6.45) is 4.84. The molecule has 2 aromatic carbocycles. The molecule has 0 aliphatic heterocycles. The molecule has 0 bridgehead atoms. The predicted molar refractivity (Wildman–Crippen MR) is 114 cm³/mol. The first-order valence-corrected chi connectivity index (χ1v) is 9.80. The van der Waals surface area contributed by atoms with Gasteiger partial charge in [-0.15, -0.1) is 5.10 Å². The van der Waals surface area contributed by atoms with Crippen LogP contribution in [0.15, 0.2) is 67.1 Å². The van der Waals surface area contributed by atoms with Crippen molar-refractivity contribution in [3.63, 3.8) is 0 Å². The van der Waals surface area contributed by atoms with E-state index in [4.69, 9.17) is 5.73 Å². The maximum atomic E-state index is 15.5. The number of halogens is 3. The van der Waals surface area contributed by atoms with Crippen LogP contribution in [0.5, 0.6) is 0 Å². The van der Waals surface area contributed by atoms with Gasteiger partial charge in [0.05, 0.1) is 12.2 Å². The molecule has 0 aliphatic rings. The van der Waals surface area contributed by atoms with Gasteiger partial charge in [-0.25, -0.2) is 17.7 Å². The third kappa shape index (κ3) is 3.47. The fraction of sp³-hybridized carbons (Fsp3) is 0.0870. The molecule has 5 aromatic rings. The van der Waals surface area contributed by atoms with Crippen LogP contribution in [0.3, 0.4) is 0 Å². The first kappa shape index (κ1) is 19.8. The van der Waals surface area contributed by atoms with E-state index in [0.717, 1.165) is 6.07 Å². The van der Waals surface area contributed by atoms with Crippen LogP contribution in [0.25, 0.3) is 27.9 Å². The molecule has 0 saturated heterocycles. The molecule has 0 amide bonds. The molecule has 0 aliphatic carbocycles. The van der Waals surface area contributed by atoms with Gasteiger partial charge in [-0.2, -0.15) is 10.1 Å². The van der Waals surface area contributed by atoms with E-state index >= 15 is 4.39 Å². The van der Waals surface area contributed by atoms with Gasteiger partial charge in [0.2, 0.25) is 5.95 Å². The quantitative estimate of drug-likeness (QED) is 0.438. The zero-order valence-electron chi connectivity index (χ0n) is 16.9. The van der Waals surface area contributed by atoms with E-state index in [1.807, 2.05) is 0 Å². The fourth-order valence-electron chi connectivity index (χ4n) is 3.70. The molecule has 3 heterocycles. The topological polar surface area (TPSA) is 74.0 Å². The van der Waals surface area contributed by atoms with Gasteiger partial charge >= 0.3 is 0 Å². The molecule has 1 unspecified atom stereocenters. The number of nitrogens with two attached hydrogens (primary N) is 1. The van der Waals surface area contributed by atoms with Gasteiger partial charge < -0.3 is 5.73 Å². The second-order valence-electron chi connectivity index (χ2n) is 7.44. The molecule has 0 fully saturated rings. The van der Waals surface area contributed by atoms with E-state index in [-0.39, 0.29) is 5.95 Å². The number of nitrogen functional groups attached to an aromatic ring is 1. The summed E-state index contributed by atoms with van der Waals surface area (Å²) < 4.78 is 45.7. The number of pyridine rings is 1. The Morgan fingerprint density at radius 2 is 1.66 bits per heavy atom. The maximum absolute atomic E-state index is 15.5. The molecule has 6 nitrogen and oxygen atoms in total. The summed E-state index contributed by atoms with van der Waals surface area (Å²) in [5.74, 6) is -1.61. The fourth-order valence-corrected chi connectivity index (χ4v) is 3.70. The van der Waals surface area contributed by atoms with E-state index in [2.05, 4.69) is 15.2 Å². The van der Waals surface area contributed by atoms with Crippen LogP contribution in [0.4, 0.5) is 19.1 Å². The van der Waals surface area contributed by atoms with Crippen molar-refractivity contribution in [3.8, 4) is 22.3 Å². The molecule has 0 radical (unpaired) electrons. The van der Waals surface area contributed by atoms with Crippen LogP contribution in [-0.4, -0.2) is 24.4 Å². The first-order valence-electron chi connectivity index (χ1n) is 9.80. The summed E-state index contributed by atoms with van der Waals surface area (Å²) in [6, 6.07) is 11.4. The normalized spacial score (nSPS) is 12.4. The zero-order chi connectivity index (χ0) is 22.4. The van der Waals surface area contributed by atoms with Crippen LogP contribution in [-0.2, 0) is 0 Å². The molecule has 2 N–H and O–H groups in total. The van der Waals surface area contributed by atoms with E-state index in [1.165, 1.54) is 22.8 Å². The average Bonchev–Trinajstić information content (AvgIpc) is 3.38. The first-order chi connectivity index (χ1) is 15.4. The molecular formula is C23H17F3N6. The molecule has 3 aromatic heterocycles. The molecule has 0 saturated carbocycles. The monoisotopic (exact) mass is 434 g/mol. The number of hydrogen-bond acceptors (Lipinski definition) is 4. The Hall–Kier alpha value is -4.14. The number of benzene rings is 2. The van der Waals surface area contributed by atoms with E-state index in [9.17, 15) is 8.78 Å². The molecular weight excluding hydrogens is 417 g/mol. The molecule has 5 rings (SSSR count). The van der Waals surface area contributed by atoms with Crippen molar-refractivity contribution in [1.82, 2.24) is 24.4 Å². The van der Waals surface area contributed by atoms with Crippen molar-refractivity contribution in [3.05, 3.63) is 90.1 Å². The average molecular weight is 434 g/mol. The summed E-state index contributed by atoms with van der Waals surface area (Å²) in [4.78, 5) is 4.11. The lowest BCUT2D eigenvalue weighted by atomic mass is 10.0. The Kier molecular flexibility index (Phi) is 4.66. The smallest absolute Gasteiger partial charge is 0.240 e. The Morgan fingerprint density at radius 1 is 0.938 bits per heavy atom. The SMILES string of the molecule is CC(c1cc(F)cc(F)c1)n1cc(-c2cccc(-c3ccn4nc(N)nc4c3)c2F)cn1. The highest BCUT2D eigenvalue weighted by molar-refractivity contribution is 5.75. The molecule has 0 spiro atoms. The zero-order valence-corrected chi connectivity index (χ0v) is 16.9. The molecule has 160 valence electrons. The number of aromatic nitrogens is 5. The summed E-state index contributed by atoms with van der Waals surface area (Å²) in [7, 11) is 0. The van der Waals surface area contributed by atoms with E-state index in [0.29, 0.717) is 33.5 Å². The van der Waals surface area contributed by atoms with Crippen LogP contribution >= 0.6 is 0 Å². The van der Waals surface area contributed by atoms with Crippen LogP contribution in [0.1, 0.15) is 18.5 Å². The second-order valence-corrected chi connectivity index (χ2v) is 7.44. The highest BCUT2D eigenvalue weighted by Gasteiger charge is 2.17. The highest BCUT2D eigenvalue weighted by Crippen LogP contribution is 2.32. The molecule has 1 atom stereocenters.